The monoisotopic (exact) mass is 1090 g/mol. The van der Waals surface area contributed by atoms with E-state index in [0.29, 0.717) is 19.3 Å². The number of hydrogen-bond acceptors (Lipinski definition) is 6. The van der Waals surface area contributed by atoms with E-state index in [1.807, 2.05) is 12.2 Å². The molecule has 0 aliphatic heterocycles. The predicted molar refractivity (Wildman–Crippen MR) is 343 cm³/mol. The third kappa shape index (κ3) is 63.5. The number of ether oxygens (including phenoxy) is 3. The lowest BCUT2D eigenvalue weighted by atomic mass is 10.1. The van der Waals surface area contributed by atoms with Gasteiger partial charge in [-0.2, -0.15) is 0 Å². The normalized spacial score (nSPS) is 13.3. The van der Waals surface area contributed by atoms with E-state index in [1.165, 1.54) is 57.8 Å². The topological polar surface area (TPSA) is 78.9 Å². The highest BCUT2D eigenvalue weighted by atomic mass is 16.6. The van der Waals surface area contributed by atoms with Crippen molar-refractivity contribution in [3.63, 3.8) is 0 Å². The SMILES string of the molecule is CC/C=C\C/C=C\C/C=C\C/C=C\C/C=C\C/C=C\C/C=C\C/C=C\C/C=C\CCCCCCCCCC(=O)OCC(COC(=O)CCCCCCC/C=C\CCCCCC)OC(=O)CC/C=C\C/C=C\C/C=C\C/C=C\CC. The standard InChI is InChI=1S/C73H114O6/c1-4-7-10-13-16-19-22-25-26-27-28-29-30-31-32-33-34-35-36-37-38-39-40-41-42-43-44-45-46-49-51-54-57-60-63-66-72(75)78-69-70(79-73(76)67-64-61-58-55-52-48-24-21-18-15-12-9-6-3)68-77-71(74)65-62-59-56-53-50-47-23-20-17-14-11-8-5-2/h7,9-10,12,16,18-21,23,25-26,28-29,31-32,34-35,37-38,40-41,43-44,48,52,58,61,70H,4-6,8,11,13-15,17,22,24,27,30,33,36,39,42,45-47,49-51,53-57,59-60,62-69H2,1-3H3/b10-7-,12-9-,19-16-,21-18-,23-20-,26-25-,29-28-,32-31-,35-34-,38-37-,41-40-,44-43-,52-48-,61-58-. The van der Waals surface area contributed by atoms with Gasteiger partial charge in [-0.15, -0.1) is 0 Å². The Morgan fingerprint density at radius 1 is 0.266 bits per heavy atom. The van der Waals surface area contributed by atoms with Crippen LogP contribution in [0.2, 0.25) is 0 Å². The van der Waals surface area contributed by atoms with Crippen LogP contribution in [0.5, 0.6) is 0 Å². The van der Waals surface area contributed by atoms with Gasteiger partial charge in [0.2, 0.25) is 0 Å². The van der Waals surface area contributed by atoms with Crippen molar-refractivity contribution in [3.8, 4) is 0 Å². The maximum Gasteiger partial charge on any atom is 0.306 e. The zero-order valence-electron chi connectivity index (χ0n) is 50.6. The summed E-state index contributed by atoms with van der Waals surface area (Å²) in [5.74, 6) is -1.03. The lowest BCUT2D eigenvalue weighted by Gasteiger charge is -2.18. The molecule has 0 saturated heterocycles. The summed E-state index contributed by atoms with van der Waals surface area (Å²) in [6, 6.07) is 0. The molecule has 1 unspecified atom stereocenters. The van der Waals surface area contributed by atoms with E-state index in [1.54, 1.807) is 0 Å². The summed E-state index contributed by atoms with van der Waals surface area (Å²) >= 11 is 0. The van der Waals surface area contributed by atoms with Crippen LogP contribution >= 0.6 is 0 Å². The Morgan fingerprint density at radius 3 is 0.835 bits per heavy atom. The molecule has 0 N–H and O–H groups in total. The molecular weight excluding hydrogens is 973 g/mol. The maximum absolute atomic E-state index is 12.8. The number of esters is 3. The largest absolute Gasteiger partial charge is 0.462 e. The van der Waals surface area contributed by atoms with Crippen LogP contribution in [-0.2, 0) is 28.6 Å². The van der Waals surface area contributed by atoms with Gasteiger partial charge in [0.05, 0.1) is 0 Å². The first-order chi connectivity index (χ1) is 39.0. The zero-order valence-corrected chi connectivity index (χ0v) is 50.6. The van der Waals surface area contributed by atoms with Crippen LogP contribution in [-0.4, -0.2) is 37.2 Å². The van der Waals surface area contributed by atoms with Gasteiger partial charge in [-0.3, -0.25) is 14.4 Å². The van der Waals surface area contributed by atoms with Crippen LogP contribution in [0.3, 0.4) is 0 Å². The summed E-state index contributed by atoms with van der Waals surface area (Å²) in [6.45, 7) is 6.30. The number of hydrogen-bond donors (Lipinski definition) is 0. The summed E-state index contributed by atoms with van der Waals surface area (Å²) in [5.41, 5.74) is 0. The molecule has 0 aliphatic rings. The van der Waals surface area contributed by atoms with Gasteiger partial charge in [0, 0.05) is 19.3 Å². The smallest absolute Gasteiger partial charge is 0.306 e. The van der Waals surface area contributed by atoms with Crippen molar-refractivity contribution in [1.82, 2.24) is 0 Å². The van der Waals surface area contributed by atoms with Crippen LogP contribution in [0, 0.1) is 0 Å². The highest BCUT2D eigenvalue weighted by molar-refractivity contribution is 5.71. The average Bonchev–Trinajstić information content (AvgIpc) is 3.45. The van der Waals surface area contributed by atoms with Crippen molar-refractivity contribution in [2.24, 2.45) is 0 Å². The lowest BCUT2D eigenvalue weighted by Crippen LogP contribution is -2.30. The molecule has 6 heteroatoms. The zero-order chi connectivity index (χ0) is 57.1. The maximum atomic E-state index is 12.8. The first-order valence-electron chi connectivity index (χ1n) is 31.6. The van der Waals surface area contributed by atoms with E-state index in [2.05, 4.69) is 179 Å². The van der Waals surface area contributed by atoms with Crippen molar-refractivity contribution in [3.05, 3.63) is 170 Å². The van der Waals surface area contributed by atoms with Gasteiger partial charge in [-0.05, 0) is 141 Å². The molecule has 0 aliphatic carbocycles. The number of carbonyl (C=O) groups excluding carboxylic acids is 3. The summed E-state index contributed by atoms with van der Waals surface area (Å²) in [4.78, 5) is 38.1. The van der Waals surface area contributed by atoms with E-state index in [4.69, 9.17) is 14.2 Å². The quantitative estimate of drug-likeness (QED) is 0.0261. The molecule has 0 bridgehead atoms. The summed E-state index contributed by atoms with van der Waals surface area (Å²) in [5, 5.41) is 0. The lowest BCUT2D eigenvalue weighted by molar-refractivity contribution is -0.166. The fourth-order valence-electron chi connectivity index (χ4n) is 8.03. The molecule has 0 aromatic rings. The minimum Gasteiger partial charge on any atom is -0.462 e. The molecule has 0 heterocycles. The first-order valence-corrected chi connectivity index (χ1v) is 31.6. The highest BCUT2D eigenvalue weighted by Crippen LogP contribution is 2.13. The van der Waals surface area contributed by atoms with Crippen LogP contribution in [0.25, 0.3) is 0 Å². The summed E-state index contributed by atoms with van der Waals surface area (Å²) in [6.07, 6.45) is 96.7. The fourth-order valence-corrected chi connectivity index (χ4v) is 8.03. The molecule has 1 atom stereocenters. The Hall–Kier alpha value is -5.23. The Morgan fingerprint density at radius 2 is 0.519 bits per heavy atom. The van der Waals surface area contributed by atoms with Gasteiger partial charge in [-0.1, -0.05) is 262 Å². The molecule has 0 aromatic carbocycles. The van der Waals surface area contributed by atoms with Crippen LogP contribution in [0.15, 0.2) is 170 Å². The van der Waals surface area contributed by atoms with Crippen molar-refractivity contribution in [2.75, 3.05) is 13.2 Å². The van der Waals surface area contributed by atoms with E-state index >= 15 is 0 Å². The number of unbranched alkanes of at least 4 members (excludes halogenated alkanes) is 16. The van der Waals surface area contributed by atoms with Crippen LogP contribution in [0.4, 0.5) is 0 Å². The molecule has 0 amide bonds. The van der Waals surface area contributed by atoms with Crippen LogP contribution in [0.1, 0.15) is 252 Å². The Labute approximate surface area is 485 Å². The summed E-state index contributed by atoms with van der Waals surface area (Å²) in [7, 11) is 0. The minimum atomic E-state index is -0.832. The molecule has 0 saturated carbocycles. The number of rotatable bonds is 55. The molecule has 0 aromatic heterocycles. The van der Waals surface area contributed by atoms with Crippen molar-refractivity contribution < 1.29 is 28.6 Å². The summed E-state index contributed by atoms with van der Waals surface area (Å²) < 4.78 is 16.8. The molecule has 0 rings (SSSR count). The fraction of sp³-hybridized carbons (Fsp3) is 0.575. The predicted octanol–water partition coefficient (Wildman–Crippen LogP) is 21.9. The van der Waals surface area contributed by atoms with E-state index in [0.717, 1.165) is 148 Å². The van der Waals surface area contributed by atoms with Gasteiger partial charge in [0.1, 0.15) is 13.2 Å². The van der Waals surface area contributed by atoms with Gasteiger partial charge in [0.15, 0.2) is 6.10 Å². The molecule has 0 radical (unpaired) electrons. The Kier molecular flexibility index (Phi) is 61.0. The number of carbonyl (C=O) groups is 3. The van der Waals surface area contributed by atoms with E-state index in [9.17, 15) is 14.4 Å². The second-order valence-electron chi connectivity index (χ2n) is 20.2. The second kappa shape index (κ2) is 65.3. The molecule has 0 spiro atoms. The third-order valence-electron chi connectivity index (χ3n) is 12.7. The molecule has 0 fully saturated rings. The van der Waals surface area contributed by atoms with Gasteiger partial charge < -0.3 is 14.2 Å². The average molecular weight is 1090 g/mol. The minimum absolute atomic E-state index is 0.120. The van der Waals surface area contributed by atoms with E-state index in [-0.39, 0.29) is 31.6 Å². The molecule has 6 nitrogen and oxygen atoms in total. The second-order valence-corrected chi connectivity index (χ2v) is 20.2. The van der Waals surface area contributed by atoms with E-state index < -0.39 is 12.1 Å². The van der Waals surface area contributed by atoms with Gasteiger partial charge in [0.25, 0.3) is 0 Å². The van der Waals surface area contributed by atoms with Gasteiger partial charge >= 0.3 is 17.9 Å². The van der Waals surface area contributed by atoms with Crippen molar-refractivity contribution in [1.29, 1.82) is 0 Å². The number of allylic oxidation sites excluding steroid dienone is 28. The van der Waals surface area contributed by atoms with Crippen LogP contribution < -0.4 is 0 Å². The molecular formula is C73H114O6. The van der Waals surface area contributed by atoms with Gasteiger partial charge in [-0.25, -0.2) is 0 Å². The third-order valence-corrected chi connectivity index (χ3v) is 12.7. The highest BCUT2D eigenvalue weighted by Gasteiger charge is 2.19. The Balaban J connectivity index is 4.30. The Bertz CT molecular complexity index is 1820. The van der Waals surface area contributed by atoms with Crippen molar-refractivity contribution >= 4 is 17.9 Å². The first kappa shape index (κ1) is 73.8. The van der Waals surface area contributed by atoms with Crippen molar-refractivity contribution in [2.45, 2.75) is 258 Å². The molecule has 442 valence electrons. The molecule has 79 heavy (non-hydrogen) atoms.